The highest BCUT2D eigenvalue weighted by atomic mass is 32.2. The second kappa shape index (κ2) is 7.28. The van der Waals surface area contributed by atoms with Gasteiger partial charge in [-0.15, -0.1) is 0 Å². The van der Waals surface area contributed by atoms with E-state index in [1.807, 2.05) is 14.1 Å². The van der Waals surface area contributed by atoms with E-state index in [0.717, 1.165) is 11.5 Å². The normalized spacial score (nSPS) is 12.2. The molecule has 4 nitrogen and oxygen atoms in total. The van der Waals surface area contributed by atoms with E-state index in [0.29, 0.717) is 6.42 Å². The Morgan fingerprint density at radius 3 is 2.50 bits per heavy atom. The van der Waals surface area contributed by atoms with Crippen molar-refractivity contribution in [2.45, 2.75) is 18.2 Å². The number of hydrogen-bond donors (Lipinski definition) is 2. The van der Waals surface area contributed by atoms with E-state index in [1.54, 1.807) is 11.8 Å². The molecule has 0 aliphatic carbocycles. The van der Waals surface area contributed by atoms with Crippen LogP contribution in [0.15, 0.2) is 24.3 Å². The van der Waals surface area contributed by atoms with E-state index in [9.17, 15) is 4.79 Å². The molecule has 0 saturated carbocycles. The molecule has 1 aromatic rings. The maximum absolute atomic E-state index is 10.5. The van der Waals surface area contributed by atoms with Crippen LogP contribution in [-0.4, -0.2) is 37.0 Å². The summed E-state index contributed by atoms with van der Waals surface area (Å²) in [6, 6.07) is 7.62. The molecule has 0 saturated heterocycles. The maximum atomic E-state index is 10.5. The highest BCUT2D eigenvalue weighted by molar-refractivity contribution is 7.98. The lowest BCUT2D eigenvalue weighted by atomic mass is 10.2. The van der Waals surface area contributed by atoms with Crippen LogP contribution in [-0.2, 0) is 10.5 Å². The molecule has 0 radical (unpaired) electrons. The van der Waals surface area contributed by atoms with Gasteiger partial charge in [0.05, 0.1) is 0 Å². The molecule has 1 atom stereocenters. The smallest absolute Gasteiger partial charge is 0.320 e. The molecular formula is C13H20N2O2S. The van der Waals surface area contributed by atoms with E-state index in [2.05, 4.69) is 29.2 Å². The summed E-state index contributed by atoms with van der Waals surface area (Å²) >= 11 is 1.71. The largest absolute Gasteiger partial charge is 0.480 e. The van der Waals surface area contributed by atoms with Crippen LogP contribution >= 0.6 is 11.8 Å². The van der Waals surface area contributed by atoms with E-state index in [-0.39, 0.29) is 0 Å². The van der Waals surface area contributed by atoms with Crippen molar-refractivity contribution in [2.24, 2.45) is 5.73 Å². The molecule has 0 aliphatic heterocycles. The second-order valence-corrected chi connectivity index (χ2v) is 5.45. The van der Waals surface area contributed by atoms with Crippen LogP contribution in [0.5, 0.6) is 0 Å². The fraction of sp³-hybridized carbons (Fsp3) is 0.462. The molecule has 100 valence electrons. The molecule has 0 aromatic heterocycles. The predicted molar refractivity (Wildman–Crippen MR) is 77.2 cm³/mol. The first-order valence-corrected chi connectivity index (χ1v) is 6.98. The van der Waals surface area contributed by atoms with Crippen LogP contribution < -0.4 is 10.6 Å². The van der Waals surface area contributed by atoms with Gasteiger partial charge in [0.1, 0.15) is 6.04 Å². The number of rotatable bonds is 7. The highest BCUT2D eigenvalue weighted by Gasteiger charge is 2.10. The number of thioether (sulfide) groups is 1. The molecule has 0 amide bonds. The lowest BCUT2D eigenvalue weighted by Crippen LogP contribution is -2.30. The molecule has 5 heteroatoms. The lowest BCUT2D eigenvalue weighted by molar-refractivity contribution is -0.138. The minimum absolute atomic E-state index is 0.510. The summed E-state index contributed by atoms with van der Waals surface area (Å²) in [7, 11) is 4.02. The van der Waals surface area contributed by atoms with Crippen molar-refractivity contribution in [3.63, 3.8) is 0 Å². The molecule has 0 bridgehead atoms. The van der Waals surface area contributed by atoms with Gasteiger partial charge in [0.15, 0.2) is 0 Å². The standard InChI is InChI=1S/C13H20N2O2S/c1-15(2)11-5-3-10(4-6-11)9-18-8-7-12(14)13(16)17/h3-6,12H,7-9,14H2,1-2H3,(H,16,17)/t12-/m0/s1. The van der Waals surface area contributed by atoms with Gasteiger partial charge in [0, 0.05) is 25.5 Å². The fourth-order valence-corrected chi connectivity index (χ4v) is 2.41. The molecule has 0 aliphatic rings. The average Bonchev–Trinajstić information content (AvgIpc) is 2.34. The van der Waals surface area contributed by atoms with Crippen molar-refractivity contribution >= 4 is 23.4 Å². The number of hydrogen-bond acceptors (Lipinski definition) is 4. The Morgan fingerprint density at radius 2 is 2.00 bits per heavy atom. The van der Waals surface area contributed by atoms with Gasteiger partial charge in [0.25, 0.3) is 0 Å². The monoisotopic (exact) mass is 268 g/mol. The Kier molecular flexibility index (Phi) is 6.01. The van der Waals surface area contributed by atoms with Crippen LogP contribution in [0, 0.1) is 0 Å². The summed E-state index contributed by atoms with van der Waals surface area (Å²) in [5.41, 5.74) is 7.85. The van der Waals surface area contributed by atoms with Crippen LogP contribution in [0.4, 0.5) is 5.69 Å². The third-order valence-electron chi connectivity index (χ3n) is 2.61. The predicted octanol–water partition coefficient (Wildman–Crippen LogP) is 1.79. The molecule has 0 heterocycles. The van der Waals surface area contributed by atoms with Crippen LogP contribution in [0.3, 0.4) is 0 Å². The quantitative estimate of drug-likeness (QED) is 0.738. The van der Waals surface area contributed by atoms with Crippen LogP contribution in [0.1, 0.15) is 12.0 Å². The van der Waals surface area contributed by atoms with E-state index in [1.165, 1.54) is 11.3 Å². The van der Waals surface area contributed by atoms with Crippen molar-refractivity contribution in [1.82, 2.24) is 0 Å². The molecule has 0 unspecified atom stereocenters. The fourth-order valence-electron chi connectivity index (χ4n) is 1.41. The summed E-state index contributed by atoms with van der Waals surface area (Å²) in [6.45, 7) is 0. The van der Waals surface area contributed by atoms with E-state index in [4.69, 9.17) is 10.8 Å². The molecule has 0 spiro atoms. The first kappa shape index (κ1) is 14.9. The molecule has 1 rings (SSSR count). The lowest BCUT2D eigenvalue weighted by Gasteiger charge is -2.12. The van der Waals surface area contributed by atoms with Gasteiger partial charge in [0.2, 0.25) is 0 Å². The number of benzene rings is 1. The molecule has 18 heavy (non-hydrogen) atoms. The Morgan fingerprint density at radius 1 is 1.39 bits per heavy atom. The maximum Gasteiger partial charge on any atom is 0.320 e. The zero-order chi connectivity index (χ0) is 13.5. The summed E-state index contributed by atoms with van der Waals surface area (Å²) in [5.74, 6) is 0.731. The minimum Gasteiger partial charge on any atom is -0.480 e. The molecule has 3 N–H and O–H groups in total. The number of aliphatic carboxylic acids is 1. The van der Waals surface area contributed by atoms with Crippen LogP contribution in [0.2, 0.25) is 0 Å². The van der Waals surface area contributed by atoms with E-state index >= 15 is 0 Å². The Labute approximate surface area is 112 Å². The summed E-state index contributed by atoms with van der Waals surface area (Å²) < 4.78 is 0. The number of nitrogens with two attached hydrogens (primary N) is 1. The highest BCUT2D eigenvalue weighted by Crippen LogP contribution is 2.17. The van der Waals surface area contributed by atoms with Gasteiger partial charge in [-0.25, -0.2) is 0 Å². The molecular weight excluding hydrogens is 248 g/mol. The molecule has 1 aromatic carbocycles. The zero-order valence-electron chi connectivity index (χ0n) is 10.8. The summed E-state index contributed by atoms with van der Waals surface area (Å²) in [6.07, 6.45) is 0.510. The number of anilines is 1. The van der Waals surface area contributed by atoms with Gasteiger partial charge in [-0.1, -0.05) is 12.1 Å². The Bertz CT molecular complexity index is 379. The van der Waals surface area contributed by atoms with Gasteiger partial charge >= 0.3 is 5.97 Å². The molecule has 0 fully saturated rings. The van der Waals surface area contributed by atoms with Crippen molar-refractivity contribution in [2.75, 3.05) is 24.7 Å². The average molecular weight is 268 g/mol. The van der Waals surface area contributed by atoms with Crippen LogP contribution in [0.25, 0.3) is 0 Å². The summed E-state index contributed by atoms with van der Waals surface area (Å²) in [5, 5.41) is 8.64. The number of carboxylic acid groups (broad SMARTS) is 1. The van der Waals surface area contributed by atoms with Gasteiger partial charge in [-0.3, -0.25) is 4.79 Å². The second-order valence-electron chi connectivity index (χ2n) is 4.35. The first-order valence-electron chi connectivity index (χ1n) is 5.83. The van der Waals surface area contributed by atoms with Crippen molar-refractivity contribution in [3.8, 4) is 0 Å². The first-order chi connectivity index (χ1) is 8.50. The van der Waals surface area contributed by atoms with E-state index < -0.39 is 12.0 Å². The van der Waals surface area contributed by atoms with Gasteiger partial charge < -0.3 is 15.7 Å². The topological polar surface area (TPSA) is 66.6 Å². The van der Waals surface area contributed by atoms with Crippen molar-refractivity contribution in [1.29, 1.82) is 0 Å². The number of carboxylic acids is 1. The van der Waals surface area contributed by atoms with Gasteiger partial charge in [-0.2, -0.15) is 11.8 Å². The zero-order valence-corrected chi connectivity index (χ0v) is 11.6. The van der Waals surface area contributed by atoms with Crippen molar-refractivity contribution in [3.05, 3.63) is 29.8 Å². The Balaban J connectivity index is 2.29. The minimum atomic E-state index is -0.925. The summed E-state index contributed by atoms with van der Waals surface area (Å²) in [4.78, 5) is 12.6. The number of carbonyl (C=O) groups is 1. The SMILES string of the molecule is CN(C)c1ccc(CSCC[C@H](N)C(=O)O)cc1. The Hall–Kier alpha value is -1.20. The number of nitrogens with zero attached hydrogens (tertiary/aromatic N) is 1. The van der Waals surface area contributed by atoms with Gasteiger partial charge in [-0.05, 0) is 29.9 Å². The third-order valence-corrected chi connectivity index (χ3v) is 3.67. The third kappa shape index (κ3) is 4.98. The van der Waals surface area contributed by atoms with Crippen molar-refractivity contribution < 1.29 is 9.90 Å².